The quantitative estimate of drug-likeness (QED) is 0.800. The second-order valence-electron chi connectivity index (χ2n) is 4.32. The molecule has 92 valence electrons. The fourth-order valence-corrected chi connectivity index (χ4v) is 2.18. The first-order chi connectivity index (χ1) is 8.25. The maximum atomic E-state index is 4.32. The Hall–Kier alpha value is -1.20. The van der Waals surface area contributed by atoms with Crippen molar-refractivity contribution < 1.29 is 0 Å². The monoisotopic (exact) mass is 250 g/mol. The van der Waals surface area contributed by atoms with E-state index in [1.807, 2.05) is 16.3 Å². The normalized spacial score (nSPS) is 11.2. The Morgan fingerprint density at radius 3 is 3.06 bits per heavy atom. The lowest BCUT2D eigenvalue weighted by molar-refractivity contribution is 0.570. The van der Waals surface area contributed by atoms with Crippen LogP contribution in [-0.4, -0.2) is 27.4 Å². The summed E-state index contributed by atoms with van der Waals surface area (Å²) < 4.78 is 1.84. The molecule has 5 heteroatoms. The Kier molecular flexibility index (Phi) is 4.28. The van der Waals surface area contributed by atoms with E-state index in [0.29, 0.717) is 6.04 Å². The first-order valence-electron chi connectivity index (χ1n) is 5.92. The van der Waals surface area contributed by atoms with Gasteiger partial charge >= 0.3 is 0 Å². The van der Waals surface area contributed by atoms with Crippen molar-refractivity contribution >= 4 is 11.3 Å². The molecule has 0 saturated heterocycles. The van der Waals surface area contributed by atoms with E-state index in [-0.39, 0.29) is 0 Å². The fourth-order valence-electron chi connectivity index (χ4n) is 1.61. The third-order valence-electron chi connectivity index (χ3n) is 2.45. The molecule has 0 spiro atoms. The lowest BCUT2D eigenvalue weighted by Gasteiger charge is -2.06. The summed E-state index contributed by atoms with van der Waals surface area (Å²) >= 11 is 1.60. The molecule has 0 saturated carbocycles. The summed E-state index contributed by atoms with van der Waals surface area (Å²) in [4.78, 5) is 4.23. The van der Waals surface area contributed by atoms with Crippen molar-refractivity contribution in [3.05, 3.63) is 29.5 Å². The van der Waals surface area contributed by atoms with Crippen molar-refractivity contribution in [2.45, 2.75) is 32.7 Å². The molecular formula is C12H18N4S. The minimum Gasteiger partial charge on any atom is -0.315 e. The van der Waals surface area contributed by atoms with Crippen molar-refractivity contribution in [3.63, 3.8) is 0 Å². The largest absolute Gasteiger partial charge is 0.315 e. The molecule has 0 amide bonds. The van der Waals surface area contributed by atoms with Crippen LogP contribution in [0.3, 0.4) is 0 Å². The molecule has 0 atom stereocenters. The van der Waals surface area contributed by atoms with Gasteiger partial charge < -0.3 is 5.32 Å². The number of hydrogen-bond acceptors (Lipinski definition) is 4. The number of aryl methyl sites for hydroxylation is 1. The minimum absolute atomic E-state index is 0.563. The van der Waals surface area contributed by atoms with E-state index < -0.39 is 0 Å². The van der Waals surface area contributed by atoms with E-state index in [2.05, 4.69) is 35.4 Å². The van der Waals surface area contributed by atoms with E-state index in [4.69, 9.17) is 0 Å². The van der Waals surface area contributed by atoms with Gasteiger partial charge in [0.15, 0.2) is 0 Å². The summed E-state index contributed by atoms with van der Waals surface area (Å²) in [5.74, 6) is 0. The van der Waals surface area contributed by atoms with Crippen LogP contribution >= 0.6 is 11.3 Å². The Bertz CT molecular complexity index is 433. The summed E-state index contributed by atoms with van der Waals surface area (Å²) in [7, 11) is 0. The predicted molar refractivity (Wildman–Crippen MR) is 70.7 cm³/mol. The Morgan fingerprint density at radius 2 is 2.35 bits per heavy atom. The van der Waals surface area contributed by atoms with Crippen LogP contribution in [0.15, 0.2) is 24.0 Å². The van der Waals surface area contributed by atoms with E-state index in [1.165, 1.54) is 5.56 Å². The molecule has 2 rings (SSSR count). The smallest absolute Gasteiger partial charge is 0.210 e. The number of nitrogens with zero attached hydrogens (tertiary/aromatic N) is 3. The molecular weight excluding hydrogens is 232 g/mol. The van der Waals surface area contributed by atoms with Crippen molar-refractivity contribution in [3.8, 4) is 5.13 Å². The van der Waals surface area contributed by atoms with Crippen LogP contribution in [0.25, 0.3) is 5.13 Å². The molecule has 0 aliphatic heterocycles. The number of aromatic nitrogens is 3. The topological polar surface area (TPSA) is 42.7 Å². The molecule has 0 bridgehead atoms. The third-order valence-corrected chi connectivity index (χ3v) is 3.21. The summed E-state index contributed by atoms with van der Waals surface area (Å²) in [6.07, 6.45) is 7.99. The Morgan fingerprint density at radius 1 is 1.47 bits per heavy atom. The SMILES string of the molecule is CC(C)NCCCc1cnn(-c2nccs2)c1. The average molecular weight is 250 g/mol. The Labute approximate surface area is 106 Å². The van der Waals surface area contributed by atoms with Gasteiger partial charge in [0.25, 0.3) is 0 Å². The van der Waals surface area contributed by atoms with Gasteiger partial charge in [-0.25, -0.2) is 9.67 Å². The zero-order chi connectivity index (χ0) is 12.1. The highest BCUT2D eigenvalue weighted by Gasteiger charge is 2.02. The van der Waals surface area contributed by atoms with Gasteiger partial charge in [-0.2, -0.15) is 5.10 Å². The van der Waals surface area contributed by atoms with Crippen molar-refractivity contribution in [2.24, 2.45) is 0 Å². The number of hydrogen-bond donors (Lipinski definition) is 1. The van der Waals surface area contributed by atoms with Crippen LogP contribution in [0.5, 0.6) is 0 Å². The standard InChI is InChI=1S/C12H18N4S/c1-10(2)13-5-3-4-11-8-15-16(9-11)12-14-6-7-17-12/h6-10,13H,3-5H2,1-2H3. The van der Waals surface area contributed by atoms with Crippen LogP contribution < -0.4 is 5.32 Å². The highest BCUT2D eigenvalue weighted by atomic mass is 32.1. The average Bonchev–Trinajstić information content (AvgIpc) is 2.94. The number of rotatable bonds is 6. The molecule has 2 aromatic rings. The molecule has 0 unspecified atom stereocenters. The molecule has 0 fully saturated rings. The second kappa shape index (κ2) is 5.93. The highest BCUT2D eigenvalue weighted by Crippen LogP contribution is 2.11. The van der Waals surface area contributed by atoms with Gasteiger partial charge in [0.05, 0.1) is 6.20 Å². The first kappa shape index (κ1) is 12.3. The third kappa shape index (κ3) is 3.64. The number of thiazole rings is 1. The second-order valence-corrected chi connectivity index (χ2v) is 5.19. The summed E-state index contributed by atoms with van der Waals surface area (Å²) in [6.45, 7) is 5.39. The zero-order valence-electron chi connectivity index (χ0n) is 10.3. The van der Waals surface area contributed by atoms with E-state index in [9.17, 15) is 0 Å². The van der Waals surface area contributed by atoms with Crippen LogP contribution in [0.2, 0.25) is 0 Å². The van der Waals surface area contributed by atoms with Crippen molar-refractivity contribution in [1.82, 2.24) is 20.1 Å². The van der Waals surface area contributed by atoms with Crippen molar-refractivity contribution in [2.75, 3.05) is 6.54 Å². The Balaban J connectivity index is 1.83. The molecule has 1 N–H and O–H groups in total. The minimum atomic E-state index is 0.563. The molecule has 0 aromatic carbocycles. The fraction of sp³-hybridized carbons (Fsp3) is 0.500. The van der Waals surface area contributed by atoms with Gasteiger partial charge in [-0.3, -0.25) is 0 Å². The molecule has 0 aliphatic carbocycles. The van der Waals surface area contributed by atoms with Crippen LogP contribution in [0.4, 0.5) is 0 Å². The van der Waals surface area contributed by atoms with E-state index in [1.54, 1.807) is 17.5 Å². The lowest BCUT2D eigenvalue weighted by atomic mass is 10.2. The van der Waals surface area contributed by atoms with E-state index >= 15 is 0 Å². The first-order valence-corrected chi connectivity index (χ1v) is 6.80. The van der Waals surface area contributed by atoms with Crippen LogP contribution in [0.1, 0.15) is 25.8 Å². The van der Waals surface area contributed by atoms with Gasteiger partial charge in [0.2, 0.25) is 5.13 Å². The predicted octanol–water partition coefficient (Wildman–Crippen LogP) is 2.26. The molecule has 0 radical (unpaired) electrons. The van der Waals surface area contributed by atoms with Gasteiger partial charge in [0.1, 0.15) is 0 Å². The molecule has 0 aliphatic rings. The van der Waals surface area contributed by atoms with E-state index in [0.717, 1.165) is 24.5 Å². The molecule has 4 nitrogen and oxygen atoms in total. The lowest BCUT2D eigenvalue weighted by Crippen LogP contribution is -2.23. The zero-order valence-corrected chi connectivity index (χ0v) is 11.1. The van der Waals surface area contributed by atoms with Crippen LogP contribution in [-0.2, 0) is 6.42 Å². The van der Waals surface area contributed by atoms with Crippen LogP contribution in [0, 0.1) is 0 Å². The summed E-state index contributed by atoms with van der Waals surface area (Å²) in [5, 5.41) is 10.6. The summed E-state index contributed by atoms with van der Waals surface area (Å²) in [6, 6.07) is 0.563. The number of nitrogens with one attached hydrogen (secondary N) is 1. The molecule has 17 heavy (non-hydrogen) atoms. The molecule has 2 heterocycles. The van der Waals surface area contributed by atoms with Gasteiger partial charge in [0, 0.05) is 23.8 Å². The maximum absolute atomic E-state index is 4.32. The van der Waals surface area contributed by atoms with Crippen molar-refractivity contribution in [1.29, 1.82) is 0 Å². The van der Waals surface area contributed by atoms with Gasteiger partial charge in [-0.05, 0) is 24.9 Å². The summed E-state index contributed by atoms with van der Waals surface area (Å²) in [5.41, 5.74) is 1.27. The highest BCUT2D eigenvalue weighted by molar-refractivity contribution is 7.12. The van der Waals surface area contributed by atoms with Gasteiger partial charge in [-0.15, -0.1) is 11.3 Å². The maximum Gasteiger partial charge on any atom is 0.210 e. The van der Waals surface area contributed by atoms with Gasteiger partial charge in [-0.1, -0.05) is 13.8 Å². The molecule has 2 aromatic heterocycles.